The van der Waals surface area contributed by atoms with Gasteiger partial charge in [-0.1, -0.05) is 60.7 Å². The van der Waals surface area contributed by atoms with E-state index in [1.165, 1.54) is 0 Å². The molecule has 31 heavy (non-hydrogen) atoms. The molecule has 4 heteroatoms. The van der Waals surface area contributed by atoms with E-state index in [1.807, 2.05) is 48.5 Å². The highest BCUT2D eigenvalue weighted by Crippen LogP contribution is 2.34. The predicted molar refractivity (Wildman–Crippen MR) is 124 cm³/mol. The van der Waals surface area contributed by atoms with Gasteiger partial charge in [0.15, 0.2) is 11.6 Å². The maximum absolute atomic E-state index is 13.1. The van der Waals surface area contributed by atoms with Crippen LogP contribution in [0.15, 0.2) is 91.0 Å². The number of para-hydroxylation sites is 1. The van der Waals surface area contributed by atoms with Crippen LogP contribution in [0, 0.1) is 0 Å². The Morgan fingerprint density at radius 3 is 2.00 bits per heavy atom. The molecule has 6 rings (SSSR count). The lowest BCUT2D eigenvalue weighted by Gasteiger charge is -2.18. The minimum atomic E-state index is -0.102. The second-order valence-electron chi connectivity index (χ2n) is 7.53. The molecule has 1 heterocycles. The van der Waals surface area contributed by atoms with Crippen molar-refractivity contribution in [2.24, 2.45) is 0 Å². The van der Waals surface area contributed by atoms with Crippen molar-refractivity contribution in [2.45, 2.75) is 0 Å². The fourth-order valence-electron chi connectivity index (χ4n) is 4.11. The Bertz CT molecular complexity index is 1500. The highest BCUT2D eigenvalue weighted by atomic mass is 32.1. The molecule has 1 aliphatic carbocycles. The molecule has 3 nitrogen and oxygen atoms in total. The lowest BCUT2D eigenvalue weighted by molar-refractivity contribution is 0.0979. The summed E-state index contributed by atoms with van der Waals surface area (Å²) in [5, 5.41) is 0.959. The molecule has 0 unspecified atom stereocenters. The molecule has 0 atom stereocenters. The average Bonchev–Trinajstić information content (AvgIpc) is 3.27. The lowest BCUT2D eigenvalue weighted by Crippen LogP contribution is -2.20. The number of fused-ring (bicyclic) bond motifs is 3. The molecule has 0 saturated carbocycles. The molecule has 4 aromatic carbocycles. The van der Waals surface area contributed by atoms with E-state index in [9.17, 15) is 9.59 Å². The third kappa shape index (κ3) is 2.84. The summed E-state index contributed by atoms with van der Waals surface area (Å²) in [6, 6.07) is 28.8. The number of rotatable bonds is 2. The third-order valence-corrected chi connectivity index (χ3v) is 6.75. The van der Waals surface area contributed by atoms with E-state index in [2.05, 4.69) is 12.1 Å². The van der Waals surface area contributed by atoms with E-state index in [1.54, 1.807) is 41.7 Å². The van der Waals surface area contributed by atoms with Crippen molar-refractivity contribution in [3.8, 4) is 21.7 Å². The highest BCUT2D eigenvalue weighted by Gasteiger charge is 2.29. The van der Waals surface area contributed by atoms with Crippen molar-refractivity contribution in [1.82, 2.24) is 4.98 Å². The zero-order chi connectivity index (χ0) is 20.9. The molecule has 0 spiro atoms. The van der Waals surface area contributed by atoms with Crippen LogP contribution in [-0.4, -0.2) is 16.6 Å². The van der Waals surface area contributed by atoms with Crippen molar-refractivity contribution < 1.29 is 9.59 Å². The van der Waals surface area contributed by atoms with Gasteiger partial charge in [0.25, 0.3) is 0 Å². The Hall–Kier alpha value is -3.89. The summed E-state index contributed by atoms with van der Waals surface area (Å²) in [4.78, 5) is 30.7. The third-order valence-electron chi connectivity index (χ3n) is 5.66. The minimum absolute atomic E-state index is 0.0972. The zero-order valence-corrected chi connectivity index (χ0v) is 17.1. The van der Waals surface area contributed by atoms with Crippen LogP contribution in [0.25, 0.3) is 31.9 Å². The zero-order valence-electron chi connectivity index (χ0n) is 16.3. The van der Waals surface area contributed by atoms with E-state index >= 15 is 0 Å². The first-order valence-corrected chi connectivity index (χ1v) is 10.8. The molecular formula is C27H15NO2S. The molecule has 0 aliphatic heterocycles. The number of nitrogens with zero attached hydrogens (tertiary/aromatic N) is 1. The van der Waals surface area contributed by atoms with Crippen LogP contribution in [0.3, 0.4) is 0 Å². The summed E-state index contributed by atoms with van der Waals surface area (Å²) in [5.41, 5.74) is 5.79. The van der Waals surface area contributed by atoms with Crippen molar-refractivity contribution in [3.05, 3.63) is 113 Å². The summed E-state index contributed by atoms with van der Waals surface area (Å²) in [6.45, 7) is 0. The molecule has 0 fully saturated rings. The molecule has 0 radical (unpaired) electrons. The molecule has 0 saturated heterocycles. The predicted octanol–water partition coefficient (Wildman–Crippen LogP) is 6.41. The van der Waals surface area contributed by atoms with Crippen LogP contribution in [0.4, 0.5) is 0 Å². The Labute approximate surface area is 182 Å². The molecule has 1 aliphatic rings. The van der Waals surface area contributed by atoms with Crippen LogP contribution in [0.5, 0.6) is 0 Å². The van der Waals surface area contributed by atoms with E-state index in [4.69, 9.17) is 4.98 Å². The van der Waals surface area contributed by atoms with Crippen LogP contribution >= 0.6 is 11.3 Å². The van der Waals surface area contributed by atoms with Gasteiger partial charge in [0.2, 0.25) is 0 Å². The first kappa shape index (κ1) is 17.9. The average molecular weight is 417 g/mol. The van der Waals surface area contributed by atoms with E-state index < -0.39 is 0 Å². The van der Waals surface area contributed by atoms with Gasteiger partial charge in [0.1, 0.15) is 5.01 Å². The molecule has 0 bridgehead atoms. The van der Waals surface area contributed by atoms with Gasteiger partial charge in [0, 0.05) is 27.8 Å². The highest BCUT2D eigenvalue weighted by molar-refractivity contribution is 7.21. The standard InChI is InChI=1S/C27H15NO2S/c29-25-19-8-1-2-9-20(19)26(30)22-15-17(12-13-21(22)25)16-6-5-7-18(14-16)27-28-23-10-3-4-11-24(23)31-27/h1-15H. The van der Waals surface area contributed by atoms with Crippen LogP contribution in [0.1, 0.15) is 31.8 Å². The summed E-state index contributed by atoms with van der Waals surface area (Å²) in [6.07, 6.45) is 0. The second-order valence-corrected chi connectivity index (χ2v) is 8.56. The van der Waals surface area contributed by atoms with Gasteiger partial charge in [-0.05, 0) is 41.5 Å². The minimum Gasteiger partial charge on any atom is -0.289 e. The van der Waals surface area contributed by atoms with Gasteiger partial charge in [-0.3, -0.25) is 9.59 Å². The van der Waals surface area contributed by atoms with Crippen molar-refractivity contribution >= 4 is 33.1 Å². The normalized spacial score (nSPS) is 12.6. The van der Waals surface area contributed by atoms with E-state index in [-0.39, 0.29) is 11.6 Å². The number of benzene rings is 4. The van der Waals surface area contributed by atoms with Gasteiger partial charge in [-0.15, -0.1) is 11.3 Å². The Balaban J connectivity index is 1.44. The molecule has 0 N–H and O–H groups in total. The van der Waals surface area contributed by atoms with Gasteiger partial charge in [0.05, 0.1) is 10.2 Å². The Morgan fingerprint density at radius 2 is 1.19 bits per heavy atom. The van der Waals surface area contributed by atoms with Crippen LogP contribution in [-0.2, 0) is 0 Å². The van der Waals surface area contributed by atoms with Crippen LogP contribution in [0.2, 0.25) is 0 Å². The second kappa shape index (κ2) is 6.83. The van der Waals surface area contributed by atoms with Gasteiger partial charge in [-0.2, -0.15) is 0 Å². The molecule has 0 amide bonds. The monoisotopic (exact) mass is 417 g/mol. The fraction of sp³-hybridized carbons (Fsp3) is 0. The summed E-state index contributed by atoms with van der Waals surface area (Å²) in [5.74, 6) is -0.200. The lowest BCUT2D eigenvalue weighted by atomic mass is 9.83. The molecule has 5 aromatic rings. The SMILES string of the molecule is O=C1c2ccccc2C(=O)c2cc(-c3cccc(-c4nc5ccccc5s4)c3)ccc21. The number of ketones is 2. The number of hydrogen-bond acceptors (Lipinski definition) is 4. The fourth-order valence-corrected chi connectivity index (χ4v) is 5.07. The van der Waals surface area contributed by atoms with Crippen molar-refractivity contribution in [3.63, 3.8) is 0 Å². The van der Waals surface area contributed by atoms with Crippen LogP contribution < -0.4 is 0 Å². The molecular weight excluding hydrogens is 402 g/mol. The number of hydrogen-bond donors (Lipinski definition) is 0. The first-order chi connectivity index (χ1) is 15.2. The maximum atomic E-state index is 13.1. The van der Waals surface area contributed by atoms with Crippen molar-refractivity contribution in [1.29, 1.82) is 0 Å². The topological polar surface area (TPSA) is 47.0 Å². The van der Waals surface area contributed by atoms with Crippen molar-refractivity contribution in [2.75, 3.05) is 0 Å². The number of aromatic nitrogens is 1. The molecule has 146 valence electrons. The summed E-state index contributed by atoms with van der Waals surface area (Å²) < 4.78 is 1.15. The first-order valence-electron chi connectivity index (χ1n) is 9.98. The Kier molecular flexibility index (Phi) is 3.95. The van der Waals surface area contributed by atoms with Gasteiger partial charge < -0.3 is 0 Å². The maximum Gasteiger partial charge on any atom is 0.194 e. The summed E-state index contributed by atoms with van der Waals surface area (Å²) >= 11 is 1.66. The number of thiazole rings is 1. The van der Waals surface area contributed by atoms with E-state index in [0.717, 1.165) is 31.9 Å². The van der Waals surface area contributed by atoms with Gasteiger partial charge in [-0.25, -0.2) is 4.98 Å². The molecule has 1 aromatic heterocycles. The van der Waals surface area contributed by atoms with Gasteiger partial charge >= 0.3 is 0 Å². The number of carbonyl (C=O) groups is 2. The summed E-state index contributed by atoms with van der Waals surface area (Å²) in [7, 11) is 0. The smallest absolute Gasteiger partial charge is 0.194 e. The number of carbonyl (C=O) groups excluding carboxylic acids is 2. The van der Waals surface area contributed by atoms with E-state index in [0.29, 0.717) is 22.3 Å². The Morgan fingerprint density at radius 1 is 0.548 bits per heavy atom. The largest absolute Gasteiger partial charge is 0.289 e. The quantitative estimate of drug-likeness (QED) is 0.327.